The van der Waals surface area contributed by atoms with Crippen LogP contribution in [0.1, 0.15) is 43.6 Å². The fraction of sp³-hybridized carbons (Fsp3) is 0.448. The van der Waals surface area contributed by atoms with Crippen molar-refractivity contribution >= 4 is 22.9 Å². The molecule has 1 aliphatic rings. The smallest absolute Gasteiger partial charge is 0.296 e. The molecule has 0 radical (unpaired) electrons. The largest absolute Gasteiger partial charge is 0.378 e. The molecule has 0 unspecified atom stereocenters. The number of halogens is 2. The van der Waals surface area contributed by atoms with Gasteiger partial charge in [0.05, 0.1) is 24.2 Å². The van der Waals surface area contributed by atoms with Crippen molar-refractivity contribution in [3.05, 3.63) is 65.5 Å². The molecule has 5 rings (SSSR count). The summed E-state index contributed by atoms with van der Waals surface area (Å²) in [7, 11) is 1.96. The Morgan fingerprint density at radius 1 is 0.925 bits per heavy atom. The van der Waals surface area contributed by atoms with Crippen LogP contribution in [-0.4, -0.2) is 69.9 Å². The number of ether oxygens (including phenoxy) is 1. The highest BCUT2D eigenvalue weighted by molar-refractivity contribution is 5.77. The number of anilines is 2. The highest BCUT2D eigenvalue weighted by Crippen LogP contribution is 2.29. The predicted molar refractivity (Wildman–Crippen MR) is 153 cm³/mol. The summed E-state index contributed by atoms with van der Waals surface area (Å²) in [6.07, 6.45) is -0.0450. The maximum Gasteiger partial charge on any atom is 0.296 e. The second-order valence-electron chi connectivity index (χ2n) is 10.6. The molecule has 4 aromatic rings. The molecule has 1 aliphatic heterocycles. The van der Waals surface area contributed by atoms with Crippen LogP contribution in [0.2, 0.25) is 0 Å². The molecule has 0 aliphatic carbocycles. The minimum absolute atomic E-state index is 0.103. The number of hydrogen-bond donors (Lipinski definition) is 2. The van der Waals surface area contributed by atoms with Gasteiger partial charge in [0.2, 0.25) is 17.8 Å². The van der Waals surface area contributed by atoms with Gasteiger partial charge in [0, 0.05) is 18.6 Å². The van der Waals surface area contributed by atoms with E-state index in [-0.39, 0.29) is 5.95 Å². The van der Waals surface area contributed by atoms with Crippen LogP contribution in [0.4, 0.5) is 20.7 Å². The van der Waals surface area contributed by atoms with Crippen LogP contribution < -0.4 is 15.5 Å². The van der Waals surface area contributed by atoms with Gasteiger partial charge in [-0.3, -0.25) is 4.57 Å². The highest BCUT2D eigenvalue weighted by atomic mass is 19.3. The van der Waals surface area contributed by atoms with Crippen molar-refractivity contribution in [3.8, 4) is 5.95 Å². The van der Waals surface area contributed by atoms with Gasteiger partial charge in [0.25, 0.3) is 6.43 Å². The third kappa shape index (κ3) is 6.37. The van der Waals surface area contributed by atoms with Crippen molar-refractivity contribution in [1.82, 2.24) is 29.8 Å². The zero-order chi connectivity index (χ0) is 28.1. The Morgan fingerprint density at radius 2 is 1.62 bits per heavy atom. The van der Waals surface area contributed by atoms with Crippen LogP contribution in [0.3, 0.4) is 0 Å². The zero-order valence-corrected chi connectivity index (χ0v) is 23.2. The number of nitrogens with zero attached hydrogens (tertiary/aromatic N) is 6. The predicted octanol–water partition coefficient (Wildman–Crippen LogP) is 4.57. The Balaban J connectivity index is 1.52. The van der Waals surface area contributed by atoms with Crippen molar-refractivity contribution in [3.63, 3.8) is 0 Å². The first-order chi connectivity index (χ1) is 19.3. The number of aromatic nitrogens is 5. The van der Waals surface area contributed by atoms with Crippen LogP contribution in [0.5, 0.6) is 0 Å². The molecule has 0 bridgehead atoms. The molecule has 0 spiro atoms. The fourth-order valence-corrected chi connectivity index (χ4v) is 5.07. The van der Waals surface area contributed by atoms with Crippen molar-refractivity contribution in [2.45, 2.75) is 45.1 Å². The summed E-state index contributed by atoms with van der Waals surface area (Å²) in [4.78, 5) is 20.2. The Morgan fingerprint density at radius 3 is 2.38 bits per heavy atom. The average molecular weight is 551 g/mol. The number of alkyl halides is 2. The maximum absolute atomic E-state index is 14.2. The molecular weight excluding hydrogens is 514 g/mol. The van der Waals surface area contributed by atoms with Gasteiger partial charge in [-0.15, -0.1) is 0 Å². The van der Waals surface area contributed by atoms with Gasteiger partial charge in [-0.25, -0.2) is 13.8 Å². The van der Waals surface area contributed by atoms with Crippen LogP contribution in [0.25, 0.3) is 17.0 Å². The lowest BCUT2D eigenvalue weighted by Gasteiger charge is -2.30. The average Bonchev–Trinajstić information content (AvgIpc) is 3.34. The SMILES string of the molecule is CNCCCc1ccccc1CC(C)(C)Nc1nc(N2CCOCC2)nc(-n2c(C(F)F)nc3ccccc32)n1. The molecule has 212 valence electrons. The third-order valence-corrected chi connectivity index (χ3v) is 6.96. The summed E-state index contributed by atoms with van der Waals surface area (Å²) in [5.74, 6) is 0.437. The topological polar surface area (TPSA) is 93.0 Å². The zero-order valence-electron chi connectivity index (χ0n) is 23.2. The van der Waals surface area contributed by atoms with E-state index in [0.29, 0.717) is 49.2 Å². The van der Waals surface area contributed by atoms with E-state index in [2.05, 4.69) is 63.7 Å². The Hall–Kier alpha value is -3.70. The lowest BCUT2D eigenvalue weighted by molar-refractivity contribution is 0.122. The van der Waals surface area contributed by atoms with Crippen LogP contribution >= 0.6 is 0 Å². The van der Waals surface area contributed by atoms with Crippen molar-refractivity contribution in [1.29, 1.82) is 0 Å². The normalized spacial score (nSPS) is 14.3. The number of fused-ring (bicyclic) bond motifs is 1. The summed E-state index contributed by atoms with van der Waals surface area (Å²) >= 11 is 0. The molecule has 0 atom stereocenters. The number of rotatable bonds is 11. The van der Waals surface area contributed by atoms with Gasteiger partial charge in [-0.05, 0) is 70.0 Å². The van der Waals surface area contributed by atoms with Gasteiger partial charge < -0.3 is 20.3 Å². The molecule has 9 nitrogen and oxygen atoms in total. The lowest BCUT2D eigenvalue weighted by atomic mass is 9.90. The Bertz CT molecular complexity index is 1430. The summed E-state index contributed by atoms with van der Waals surface area (Å²) in [5, 5.41) is 6.70. The van der Waals surface area contributed by atoms with Crippen LogP contribution in [0, 0.1) is 0 Å². The molecule has 2 aromatic heterocycles. The third-order valence-electron chi connectivity index (χ3n) is 6.96. The highest BCUT2D eigenvalue weighted by Gasteiger charge is 2.27. The quantitative estimate of drug-likeness (QED) is 0.263. The molecule has 0 saturated carbocycles. The molecule has 2 aromatic carbocycles. The van der Waals surface area contributed by atoms with Crippen molar-refractivity contribution in [2.24, 2.45) is 0 Å². The standard InChI is InChI=1S/C29H36F2N8O/c1-29(2,19-21-10-5-4-9-20(21)11-8-14-32-3)37-26-34-27(38-15-17-40-18-16-38)36-28(35-26)39-23-13-7-6-12-22(23)33-25(39)24(30)31/h4-7,9-10,12-13,24,32H,8,11,14-19H2,1-3H3,(H,34,35,36,37). The summed E-state index contributed by atoms with van der Waals surface area (Å²) in [6.45, 7) is 7.40. The molecule has 11 heteroatoms. The number of para-hydroxylation sites is 2. The fourth-order valence-electron chi connectivity index (χ4n) is 5.07. The molecule has 1 saturated heterocycles. The van der Waals surface area contributed by atoms with E-state index in [9.17, 15) is 8.78 Å². The molecule has 1 fully saturated rings. The minimum Gasteiger partial charge on any atom is -0.378 e. The van der Waals surface area contributed by atoms with Crippen molar-refractivity contribution in [2.75, 3.05) is 50.1 Å². The van der Waals surface area contributed by atoms with E-state index < -0.39 is 17.8 Å². The summed E-state index contributed by atoms with van der Waals surface area (Å²) < 4.78 is 35.2. The van der Waals surface area contributed by atoms with E-state index in [1.807, 2.05) is 11.9 Å². The van der Waals surface area contributed by atoms with Crippen LogP contribution in [-0.2, 0) is 17.6 Å². The molecular formula is C29H36F2N8O. The Labute approximate surface area is 233 Å². The number of morpholine rings is 1. The van der Waals surface area contributed by atoms with E-state index in [4.69, 9.17) is 9.72 Å². The first-order valence-corrected chi connectivity index (χ1v) is 13.7. The van der Waals surface area contributed by atoms with Gasteiger partial charge in [-0.2, -0.15) is 15.0 Å². The number of imidazole rings is 1. The van der Waals surface area contributed by atoms with Crippen molar-refractivity contribution < 1.29 is 13.5 Å². The first kappa shape index (κ1) is 27.9. The molecule has 3 heterocycles. The molecule has 2 N–H and O–H groups in total. The monoisotopic (exact) mass is 550 g/mol. The summed E-state index contributed by atoms with van der Waals surface area (Å²) in [6, 6.07) is 15.5. The lowest BCUT2D eigenvalue weighted by Crippen LogP contribution is -2.39. The van der Waals surface area contributed by atoms with Gasteiger partial charge in [0.15, 0.2) is 5.82 Å². The minimum atomic E-state index is -2.80. The second kappa shape index (κ2) is 12.2. The second-order valence-corrected chi connectivity index (χ2v) is 10.6. The Kier molecular flexibility index (Phi) is 8.51. The molecule has 0 amide bonds. The maximum atomic E-state index is 14.2. The van der Waals surface area contributed by atoms with E-state index in [1.165, 1.54) is 15.7 Å². The van der Waals surface area contributed by atoms with Gasteiger partial charge >= 0.3 is 0 Å². The van der Waals surface area contributed by atoms with Gasteiger partial charge in [-0.1, -0.05) is 36.4 Å². The van der Waals surface area contributed by atoms with E-state index >= 15 is 0 Å². The van der Waals surface area contributed by atoms with Gasteiger partial charge in [0.1, 0.15) is 0 Å². The number of hydrogen-bond acceptors (Lipinski definition) is 8. The molecule has 40 heavy (non-hydrogen) atoms. The first-order valence-electron chi connectivity index (χ1n) is 13.7. The summed E-state index contributed by atoms with van der Waals surface area (Å²) in [5.41, 5.74) is 3.08. The number of benzene rings is 2. The number of aryl methyl sites for hydroxylation is 1. The number of nitrogens with one attached hydrogen (secondary N) is 2. The van der Waals surface area contributed by atoms with Crippen LogP contribution in [0.15, 0.2) is 48.5 Å². The van der Waals surface area contributed by atoms with E-state index in [0.717, 1.165) is 25.8 Å². The van der Waals surface area contributed by atoms with E-state index in [1.54, 1.807) is 24.3 Å².